The van der Waals surface area contributed by atoms with E-state index >= 15 is 0 Å². The largest absolute Gasteiger partial charge is 0.379 e. The summed E-state index contributed by atoms with van der Waals surface area (Å²) in [5.74, 6) is -0.310. The van der Waals surface area contributed by atoms with E-state index in [0.29, 0.717) is 19.8 Å². The van der Waals surface area contributed by atoms with Crippen molar-refractivity contribution in [1.82, 2.24) is 20.4 Å². The Morgan fingerprint density at radius 3 is 2.60 bits per heavy atom. The second kappa shape index (κ2) is 8.04. The zero-order chi connectivity index (χ0) is 17.6. The lowest BCUT2D eigenvalue weighted by Crippen LogP contribution is -2.43. The number of morpholine rings is 1. The highest BCUT2D eigenvalue weighted by atomic mass is 16.5. The van der Waals surface area contributed by atoms with Crippen LogP contribution in [0.4, 0.5) is 0 Å². The molecule has 0 aliphatic carbocycles. The van der Waals surface area contributed by atoms with Crippen molar-refractivity contribution in [3.63, 3.8) is 0 Å². The van der Waals surface area contributed by atoms with Gasteiger partial charge in [-0.25, -0.2) is 5.10 Å². The number of aryl methyl sites for hydroxylation is 1. The Morgan fingerprint density at radius 2 is 1.96 bits per heavy atom. The molecule has 1 saturated heterocycles. The fourth-order valence-electron chi connectivity index (χ4n) is 2.78. The van der Waals surface area contributed by atoms with Crippen molar-refractivity contribution in [1.29, 1.82) is 0 Å². The van der Waals surface area contributed by atoms with Crippen molar-refractivity contribution >= 4 is 5.91 Å². The predicted molar refractivity (Wildman–Crippen MR) is 93.5 cm³/mol. The lowest BCUT2D eigenvalue weighted by atomic mass is 10.0. The first-order valence-electron chi connectivity index (χ1n) is 8.35. The Hall–Kier alpha value is -2.51. The third kappa shape index (κ3) is 4.74. The van der Waals surface area contributed by atoms with E-state index in [1.54, 1.807) is 0 Å². The number of aromatic nitrogens is 2. The molecule has 0 saturated carbocycles. The normalized spacial score (nSPS) is 16.4. The van der Waals surface area contributed by atoms with E-state index in [4.69, 9.17) is 4.74 Å². The summed E-state index contributed by atoms with van der Waals surface area (Å²) < 4.78 is 5.39. The van der Waals surface area contributed by atoms with E-state index in [1.165, 1.54) is 17.7 Å². The summed E-state index contributed by atoms with van der Waals surface area (Å²) in [5, 5.41) is 9.12. The maximum atomic E-state index is 12.5. The molecule has 0 radical (unpaired) electrons. The Kier molecular flexibility index (Phi) is 5.57. The molecule has 1 aromatic heterocycles. The lowest BCUT2D eigenvalue weighted by molar-refractivity contribution is 0.0332. The minimum atomic E-state index is -0.333. The number of benzene rings is 1. The number of carbonyl (C=O) groups is 1. The van der Waals surface area contributed by atoms with Gasteiger partial charge >= 0.3 is 0 Å². The van der Waals surface area contributed by atoms with E-state index in [-0.39, 0.29) is 23.2 Å². The number of nitrogens with one attached hydrogen (secondary N) is 2. The minimum absolute atomic E-state index is 0.167. The van der Waals surface area contributed by atoms with Gasteiger partial charge in [0, 0.05) is 25.7 Å². The molecule has 0 unspecified atom stereocenters. The summed E-state index contributed by atoms with van der Waals surface area (Å²) in [6, 6.07) is 10.7. The Morgan fingerprint density at radius 1 is 1.24 bits per heavy atom. The molecule has 1 aromatic carbocycles. The molecule has 1 aliphatic rings. The Balaban J connectivity index is 1.77. The van der Waals surface area contributed by atoms with Gasteiger partial charge in [-0.1, -0.05) is 29.8 Å². The second-order valence-electron chi connectivity index (χ2n) is 6.16. The molecule has 132 valence electrons. The van der Waals surface area contributed by atoms with Crippen LogP contribution in [0.25, 0.3) is 0 Å². The molecular weight excluding hydrogens is 320 g/mol. The van der Waals surface area contributed by atoms with Crippen LogP contribution in [0.3, 0.4) is 0 Å². The standard InChI is InChI=1S/C18H22N4O3/c1-13-2-4-14(5-3-13)16(12-22-8-10-25-11-9-22)19-18(24)15-6-7-17(23)21-20-15/h2-7,16H,8-12H2,1H3,(H,19,24)(H,21,23)/t16-/m1/s1. The summed E-state index contributed by atoms with van der Waals surface area (Å²) in [4.78, 5) is 25.9. The zero-order valence-corrected chi connectivity index (χ0v) is 14.2. The van der Waals surface area contributed by atoms with E-state index < -0.39 is 0 Å². The highest BCUT2D eigenvalue weighted by Crippen LogP contribution is 2.17. The van der Waals surface area contributed by atoms with Crippen LogP contribution in [-0.2, 0) is 4.74 Å². The van der Waals surface area contributed by atoms with Gasteiger partial charge in [-0.05, 0) is 18.6 Å². The van der Waals surface area contributed by atoms with Gasteiger partial charge in [0.15, 0.2) is 0 Å². The minimum Gasteiger partial charge on any atom is -0.379 e. The molecule has 2 heterocycles. The van der Waals surface area contributed by atoms with Gasteiger partial charge in [-0.2, -0.15) is 5.10 Å². The fourth-order valence-corrected chi connectivity index (χ4v) is 2.78. The fraction of sp³-hybridized carbons (Fsp3) is 0.389. The Bertz CT molecular complexity index is 746. The van der Waals surface area contributed by atoms with Crippen LogP contribution in [-0.4, -0.2) is 53.9 Å². The van der Waals surface area contributed by atoms with E-state index in [0.717, 1.165) is 18.7 Å². The van der Waals surface area contributed by atoms with Crippen LogP contribution in [0.15, 0.2) is 41.2 Å². The third-order valence-corrected chi connectivity index (χ3v) is 4.24. The number of rotatable bonds is 5. The van der Waals surface area contributed by atoms with Gasteiger partial charge in [0.2, 0.25) is 0 Å². The van der Waals surface area contributed by atoms with Crippen LogP contribution >= 0.6 is 0 Å². The molecule has 1 atom stereocenters. The summed E-state index contributed by atoms with van der Waals surface area (Å²) in [6.45, 7) is 5.82. The number of H-pyrrole nitrogens is 1. The summed E-state index contributed by atoms with van der Waals surface area (Å²) in [7, 11) is 0. The smallest absolute Gasteiger partial charge is 0.272 e. The van der Waals surface area contributed by atoms with Gasteiger partial charge in [0.1, 0.15) is 5.69 Å². The van der Waals surface area contributed by atoms with Crippen molar-refractivity contribution in [2.45, 2.75) is 13.0 Å². The molecular formula is C18H22N4O3. The maximum Gasteiger partial charge on any atom is 0.272 e. The van der Waals surface area contributed by atoms with Crippen LogP contribution in [0.2, 0.25) is 0 Å². The van der Waals surface area contributed by atoms with E-state index in [1.807, 2.05) is 31.2 Å². The maximum absolute atomic E-state index is 12.5. The summed E-state index contributed by atoms with van der Waals surface area (Å²) >= 11 is 0. The molecule has 1 amide bonds. The molecule has 2 aromatic rings. The second-order valence-corrected chi connectivity index (χ2v) is 6.16. The van der Waals surface area contributed by atoms with Crippen LogP contribution < -0.4 is 10.9 Å². The van der Waals surface area contributed by atoms with Gasteiger partial charge in [0.05, 0.1) is 19.3 Å². The lowest BCUT2D eigenvalue weighted by Gasteiger charge is -2.31. The zero-order valence-electron chi connectivity index (χ0n) is 14.2. The predicted octanol–water partition coefficient (Wildman–Crippen LogP) is 0.882. The SMILES string of the molecule is Cc1ccc([C@@H](CN2CCOCC2)NC(=O)c2ccc(=O)[nH]n2)cc1. The Labute approximate surface area is 146 Å². The van der Waals surface area contributed by atoms with Crippen molar-refractivity contribution in [3.05, 3.63) is 63.6 Å². The summed E-state index contributed by atoms with van der Waals surface area (Å²) in [5.41, 5.74) is 2.07. The molecule has 2 N–H and O–H groups in total. The van der Waals surface area contributed by atoms with E-state index in [2.05, 4.69) is 20.4 Å². The molecule has 0 spiro atoms. The molecule has 1 fully saturated rings. The molecule has 7 heteroatoms. The van der Waals surface area contributed by atoms with E-state index in [9.17, 15) is 9.59 Å². The molecule has 1 aliphatic heterocycles. The molecule has 7 nitrogen and oxygen atoms in total. The van der Waals surface area contributed by atoms with Gasteiger partial charge < -0.3 is 10.1 Å². The highest BCUT2D eigenvalue weighted by Gasteiger charge is 2.21. The van der Waals surface area contributed by atoms with Gasteiger partial charge in [-0.3, -0.25) is 14.5 Å². The number of aromatic amines is 1. The van der Waals surface area contributed by atoms with Crippen LogP contribution in [0.5, 0.6) is 0 Å². The van der Waals surface area contributed by atoms with Gasteiger partial charge in [-0.15, -0.1) is 0 Å². The number of nitrogens with zero attached hydrogens (tertiary/aromatic N) is 2. The third-order valence-electron chi connectivity index (χ3n) is 4.24. The summed E-state index contributed by atoms with van der Waals surface area (Å²) in [6.07, 6.45) is 0. The average molecular weight is 342 g/mol. The number of carbonyl (C=O) groups excluding carboxylic acids is 1. The van der Waals surface area contributed by atoms with Crippen molar-refractivity contribution in [2.75, 3.05) is 32.8 Å². The quantitative estimate of drug-likeness (QED) is 0.842. The number of hydrogen-bond donors (Lipinski definition) is 2. The highest BCUT2D eigenvalue weighted by molar-refractivity contribution is 5.92. The number of ether oxygens (including phenoxy) is 1. The molecule has 0 bridgehead atoms. The van der Waals surface area contributed by atoms with Crippen molar-refractivity contribution in [3.8, 4) is 0 Å². The molecule has 3 rings (SSSR count). The topological polar surface area (TPSA) is 87.3 Å². The number of hydrogen-bond acceptors (Lipinski definition) is 5. The van der Waals surface area contributed by atoms with Crippen molar-refractivity contribution < 1.29 is 9.53 Å². The molecule has 25 heavy (non-hydrogen) atoms. The first-order valence-corrected chi connectivity index (χ1v) is 8.35. The number of amides is 1. The average Bonchev–Trinajstić information content (AvgIpc) is 2.63. The van der Waals surface area contributed by atoms with Crippen LogP contribution in [0.1, 0.15) is 27.7 Å². The van der Waals surface area contributed by atoms with Gasteiger partial charge in [0.25, 0.3) is 11.5 Å². The monoisotopic (exact) mass is 342 g/mol. The first-order chi connectivity index (χ1) is 12.1. The first kappa shape index (κ1) is 17.3. The van der Waals surface area contributed by atoms with Crippen molar-refractivity contribution in [2.24, 2.45) is 0 Å². The van der Waals surface area contributed by atoms with Crippen LogP contribution in [0, 0.1) is 6.92 Å².